The zero-order valence-electron chi connectivity index (χ0n) is 24.0. The van der Waals surface area contributed by atoms with E-state index in [0.29, 0.717) is 29.8 Å². The Morgan fingerprint density at radius 1 is 1.12 bits per heavy atom. The van der Waals surface area contributed by atoms with E-state index in [1.165, 1.54) is 29.3 Å². The van der Waals surface area contributed by atoms with Gasteiger partial charge in [0.15, 0.2) is 0 Å². The maximum absolute atomic E-state index is 13.4. The van der Waals surface area contributed by atoms with Crippen molar-refractivity contribution >= 4 is 36.0 Å². The molecule has 3 amide bonds. The lowest BCUT2D eigenvalue weighted by molar-refractivity contribution is -0.137. The third-order valence-corrected chi connectivity index (χ3v) is 6.94. The van der Waals surface area contributed by atoms with Crippen molar-refractivity contribution in [2.24, 2.45) is 17.2 Å². The molecule has 16 heteroatoms. The first kappa shape index (κ1) is 33.9. The molecular weight excluding hydrogens is 570 g/mol. The highest BCUT2D eigenvalue weighted by atomic mass is 19.4. The largest absolute Gasteiger partial charge is 0.493 e. The Morgan fingerprint density at radius 2 is 1.74 bits per heavy atom. The van der Waals surface area contributed by atoms with Gasteiger partial charge in [-0.05, 0) is 44.0 Å². The van der Waals surface area contributed by atoms with Gasteiger partial charge in [-0.25, -0.2) is 0 Å². The van der Waals surface area contributed by atoms with Gasteiger partial charge in [0.25, 0.3) is 0 Å². The van der Waals surface area contributed by atoms with Gasteiger partial charge in [0.05, 0.1) is 34.8 Å². The van der Waals surface area contributed by atoms with Gasteiger partial charge in [-0.2, -0.15) is 13.2 Å². The SMILES string of the molecule is CC1(C)OB(O)c2cc(NC(=O)[C@@H](Cc3ccc(C(F)(F)F)cc3)NC(=O)[C@@H](N)CCC(=O)N(CCN)CCN)cnc21. The maximum Gasteiger partial charge on any atom is 0.493 e. The molecule has 1 aliphatic rings. The Labute approximate surface area is 247 Å². The molecule has 0 saturated heterocycles. The van der Waals surface area contributed by atoms with Gasteiger partial charge in [0.1, 0.15) is 6.04 Å². The molecule has 0 unspecified atom stereocenters. The molecule has 0 radical (unpaired) electrons. The third kappa shape index (κ3) is 8.97. The van der Waals surface area contributed by atoms with Crippen LogP contribution in [0.3, 0.4) is 0 Å². The molecule has 0 fully saturated rings. The number of aromatic nitrogens is 1. The van der Waals surface area contributed by atoms with Crippen LogP contribution in [0.1, 0.15) is 43.5 Å². The Bertz CT molecular complexity index is 1290. The smallest absolute Gasteiger partial charge is 0.423 e. The molecule has 2 aromatic rings. The van der Waals surface area contributed by atoms with E-state index in [1.54, 1.807) is 13.8 Å². The highest BCUT2D eigenvalue weighted by Crippen LogP contribution is 2.30. The Kier molecular flexibility index (Phi) is 11.3. The molecule has 43 heavy (non-hydrogen) atoms. The monoisotopic (exact) mass is 607 g/mol. The topological polar surface area (TPSA) is 199 Å². The number of benzene rings is 1. The first-order chi connectivity index (χ1) is 20.2. The number of fused-ring (bicyclic) bond motifs is 1. The zero-order chi connectivity index (χ0) is 31.9. The minimum Gasteiger partial charge on any atom is -0.423 e. The predicted octanol–water partition coefficient (Wildman–Crippen LogP) is -0.427. The average Bonchev–Trinajstić information content (AvgIpc) is 3.17. The molecule has 0 spiro atoms. The normalized spacial score (nSPS) is 15.4. The molecule has 3 rings (SSSR count). The lowest BCUT2D eigenvalue weighted by Gasteiger charge is -2.23. The number of nitrogens with one attached hydrogen (secondary N) is 2. The molecule has 234 valence electrons. The summed E-state index contributed by atoms with van der Waals surface area (Å²) >= 11 is 0. The van der Waals surface area contributed by atoms with Gasteiger partial charge in [0, 0.05) is 44.5 Å². The molecule has 0 bridgehead atoms. The fraction of sp³-hybridized carbons (Fsp3) is 0.481. The number of hydrogen-bond donors (Lipinski definition) is 6. The molecular formula is C27H37BF3N7O5. The van der Waals surface area contributed by atoms with Gasteiger partial charge in [0.2, 0.25) is 17.7 Å². The minimum absolute atomic E-state index is 0.0344. The van der Waals surface area contributed by atoms with E-state index in [1.807, 2.05) is 0 Å². The minimum atomic E-state index is -4.54. The molecule has 1 aliphatic heterocycles. The molecule has 12 nitrogen and oxygen atoms in total. The van der Waals surface area contributed by atoms with Gasteiger partial charge >= 0.3 is 13.3 Å². The van der Waals surface area contributed by atoms with E-state index in [-0.39, 0.29) is 43.9 Å². The summed E-state index contributed by atoms with van der Waals surface area (Å²) in [6, 6.07) is 3.25. The predicted molar refractivity (Wildman–Crippen MR) is 154 cm³/mol. The number of anilines is 1. The van der Waals surface area contributed by atoms with Gasteiger partial charge in [-0.3, -0.25) is 19.4 Å². The van der Waals surface area contributed by atoms with E-state index in [2.05, 4.69) is 15.6 Å². The number of alkyl halides is 3. The van der Waals surface area contributed by atoms with Crippen LogP contribution in [0.25, 0.3) is 0 Å². The first-order valence-electron chi connectivity index (χ1n) is 13.7. The molecule has 2 heterocycles. The van der Waals surface area contributed by atoms with E-state index in [9.17, 15) is 32.6 Å². The molecule has 0 aliphatic carbocycles. The second-order valence-corrected chi connectivity index (χ2v) is 10.7. The average molecular weight is 607 g/mol. The van der Waals surface area contributed by atoms with Crippen molar-refractivity contribution in [3.63, 3.8) is 0 Å². The molecule has 0 saturated carbocycles. The number of pyridine rings is 1. The van der Waals surface area contributed by atoms with Crippen molar-refractivity contribution in [3.05, 3.63) is 53.3 Å². The van der Waals surface area contributed by atoms with Gasteiger partial charge in [-0.1, -0.05) is 12.1 Å². The summed E-state index contributed by atoms with van der Waals surface area (Å²) < 4.78 is 44.6. The van der Waals surface area contributed by atoms with Gasteiger partial charge < -0.3 is 42.4 Å². The lowest BCUT2D eigenvalue weighted by Crippen LogP contribution is -2.51. The summed E-state index contributed by atoms with van der Waals surface area (Å²) in [5.74, 6) is -1.72. The highest BCUT2D eigenvalue weighted by Gasteiger charge is 2.42. The van der Waals surface area contributed by atoms with Crippen LogP contribution in [-0.2, 0) is 37.2 Å². The molecule has 1 aromatic heterocycles. The third-order valence-electron chi connectivity index (χ3n) is 6.94. The number of amides is 3. The fourth-order valence-electron chi connectivity index (χ4n) is 4.66. The number of nitrogens with two attached hydrogens (primary N) is 3. The summed E-state index contributed by atoms with van der Waals surface area (Å²) in [4.78, 5) is 44.6. The van der Waals surface area contributed by atoms with Crippen LogP contribution >= 0.6 is 0 Å². The van der Waals surface area contributed by atoms with E-state index < -0.39 is 48.4 Å². The van der Waals surface area contributed by atoms with Crippen LogP contribution in [0.2, 0.25) is 0 Å². The van der Waals surface area contributed by atoms with Crippen molar-refractivity contribution in [1.29, 1.82) is 0 Å². The van der Waals surface area contributed by atoms with Crippen molar-refractivity contribution < 1.29 is 37.2 Å². The summed E-state index contributed by atoms with van der Waals surface area (Å²) in [6.07, 6.45) is -3.44. The number of nitrogens with zero attached hydrogens (tertiary/aromatic N) is 2. The van der Waals surface area contributed by atoms with Crippen molar-refractivity contribution in [1.82, 2.24) is 15.2 Å². The highest BCUT2D eigenvalue weighted by molar-refractivity contribution is 6.62. The number of hydrogen-bond acceptors (Lipinski definition) is 9. The fourth-order valence-corrected chi connectivity index (χ4v) is 4.66. The summed E-state index contributed by atoms with van der Waals surface area (Å²) in [7, 11) is -1.26. The number of rotatable bonds is 13. The summed E-state index contributed by atoms with van der Waals surface area (Å²) in [5, 5.41) is 15.4. The summed E-state index contributed by atoms with van der Waals surface area (Å²) in [6.45, 7) is 4.53. The van der Waals surface area contributed by atoms with Crippen LogP contribution in [0, 0.1) is 0 Å². The Hall–Kier alpha value is -3.57. The first-order valence-corrected chi connectivity index (χ1v) is 13.7. The quantitative estimate of drug-likeness (QED) is 0.164. The molecule has 2 atom stereocenters. The molecule has 1 aromatic carbocycles. The maximum atomic E-state index is 13.4. The second kappa shape index (κ2) is 14.3. The Morgan fingerprint density at radius 3 is 2.33 bits per heavy atom. The number of carbonyl (C=O) groups excluding carboxylic acids is 3. The van der Waals surface area contributed by atoms with Crippen molar-refractivity contribution in [2.75, 3.05) is 31.5 Å². The molecule has 9 N–H and O–H groups in total. The second-order valence-electron chi connectivity index (χ2n) is 10.7. The lowest BCUT2D eigenvalue weighted by atomic mass is 9.80. The van der Waals surface area contributed by atoms with E-state index in [4.69, 9.17) is 21.9 Å². The van der Waals surface area contributed by atoms with E-state index in [0.717, 1.165) is 12.1 Å². The van der Waals surface area contributed by atoms with Crippen LogP contribution in [0.15, 0.2) is 36.5 Å². The number of halogens is 3. The van der Waals surface area contributed by atoms with E-state index >= 15 is 0 Å². The van der Waals surface area contributed by atoms with Crippen LogP contribution < -0.4 is 33.3 Å². The van der Waals surface area contributed by atoms with Crippen molar-refractivity contribution in [3.8, 4) is 0 Å². The van der Waals surface area contributed by atoms with Crippen LogP contribution in [-0.4, -0.2) is 78.0 Å². The Balaban J connectivity index is 1.75. The number of carbonyl (C=O) groups is 3. The van der Waals surface area contributed by atoms with Crippen LogP contribution in [0.4, 0.5) is 18.9 Å². The van der Waals surface area contributed by atoms with Crippen LogP contribution in [0.5, 0.6) is 0 Å². The standard InChI is InChI=1S/C27H37BF3N7O5/c1-26(2)23-19(28(42)43-26)14-18(15-35-23)36-25(41)21(13-16-3-5-17(6-4-16)27(29,30)31)37-24(40)20(34)7-8-22(39)38(11-9-32)12-10-33/h3-6,14-15,20-21,42H,7-13,32-34H2,1-2H3,(H,36,41)(H,37,40)/t20-,21+/m0/s1. The van der Waals surface area contributed by atoms with Gasteiger partial charge in [-0.15, -0.1) is 0 Å². The zero-order valence-corrected chi connectivity index (χ0v) is 24.0. The summed E-state index contributed by atoms with van der Waals surface area (Å²) in [5.41, 5.74) is 16.8. The van der Waals surface area contributed by atoms with Crippen molar-refractivity contribution in [2.45, 2.75) is 57.0 Å².